The summed E-state index contributed by atoms with van der Waals surface area (Å²) in [5, 5.41) is 10.8. The second-order valence-corrected chi connectivity index (χ2v) is 8.75. The number of amides is 1. The molecule has 1 saturated heterocycles. The minimum Gasteiger partial charge on any atom is -0.467 e. The molecule has 3 rings (SSSR count). The van der Waals surface area contributed by atoms with E-state index in [1.807, 2.05) is 6.92 Å². The summed E-state index contributed by atoms with van der Waals surface area (Å²) in [5.41, 5.74) is 0. The number of rotatable bonds is 6. The van der Waals surface area contributed by atoms with Crippen LogP contribution in [0.25, 0.3) is 0 Å². The summed E-state index contributed by atoms with van der Waals surface area (Å²) in [6, 6.07) is 3.32. The van der Waals surface area contributed by atoms with E-state index < -0.39 is 9.84 Å². The third kappa shape index (κ3) is 4.18. The van der Waals surface area contributed by atoms with E-state index in [-0.39, 0.29) is 40.3 Å². The van der Waals surface area contributed by atoms with Gasteiger partial charge in [-0.1, -0.05) is 11.8 Å². The van der Waals surface area contributed by atoms with E-state index in [9.17, 15) is 13.2 Å². The van der Waals surface area contributed by atoms with Gasteiger partial charge in [-0.15, -0.1) is 10.2 Å². The maximum absolute atomic E-state index is 11.9. The highest BCUT2D eigenvalue weighted by molar-refractivity contribution is 7.99. The number of nitrogens with zero attached hydrogens (tertiary/aromatic N) is 2. The number of hydrogen-bond donors (Lipinski definition) is 1. The summed E-state index contributed by atoms with van der Waals surface area (Å²) < 4.78 is 33.7. The van der Waals surface area contributed by atoms with Crippen LogP contribution in [0.3, 0.4) is 0 Å². The van der Waals surface area contributed by atoms with Crippen LogP contribution >= 0.6 is 11.8 Å². The number of carbonyl (C=O) groups excluding carboxylic acids is 1. The third-order valence-corrected chi connectivity index (χ3v) is 6.26. The van der Waals surface area contributed by atoms with E-state index in [4.69, 9.17) is 8.83 Å². The standard InChI is InChI=1S/C14H17N3O5S2/c1-9(11-3-2-5-21-11)15-12(18)7-23-14-17-16-13(22-14)10-4-6-24(19,20)8-10/h2-3,5,9-10H,4,6-8H2,1H3,(H,15,18)/t9-,10-/m1/s1. The first-order chi connectivity index (χ1) is 11.4. The van der Waals surface area contributed by atoms with Crippen LogP contribution in [-0.2, 0) is 14.6 Å². The van der Waals surface area contributed by atoms with Crippen molar-refractivity contribution in [3.63, 3.8) is 0 Å². The molecule has 0 radical (unpaired) electrons. The van der Waals surface area contributed by atoms with Gasteiger partial charge < -0.3 is 14.2 Å². The van der Waals surface area contributed by atoms with Crippen LogP contribution in [0.15, 0.2) is 32.5 Å². The highest BCUT2D eigenvalue weighted by atomic mass is 32.2. The van der Waals surface area contributed by atoms with E-state index in [1.54, 1.807) is 18.4 Å². The zero-order chi connectivity index (χ0) is 17.2. The summed E-state index contributed by atoms with van der Waals surface area (Å²) in [5.74, 6) is 0.877. The lowest BCUT2D eigenvalue weighted by Crippen LogP contribution is -2.27. The molecule has 3 heterocycles. The van der Waals surface area contributed by atoms with Gasteiger partial charge in [0.15, 0.2) is 9.84 Å². The predicted octanol–water partition coefficient (Wildman–Crippen LogP) is 1.53. The van der Waals surface area contributed by atoms with Gasteiger partial charge in [-0.05, 0) is 25.5 Å². The van der Waals surface area contributed by atoms with Crippen molar-refractivity contribution in [2.45, 2.75) is 30.5 Å². The second-order valence-electron chi connectivity index (χ2n) is 5.60. The Labute approximate surface area is 143 Å². The van der Waals surface area contributed by atoms with Gasteiger partial charge in [0.05, 0.1) is 35.5 Å². The van der Waals surface area contributed by atoms with Crippen LogP contribution in [-0.4, -0.2) is 41.8 Å². The number of thioether (sulfide) groups is 1. The molecule has 24 heavy (non-hydrogen) atoms. The third-order valence-electron chi connectivity index (χ3n) is 3.68. The smallest absolute Gasteiger partial charge is 0.277 e. The molecule has 0 bridgehead atoms. The molecule has 130 valence electrons. The highest BCUT2D eigenvalue weighted by Gasteiger charge is 2.32. The zero-order valence-electron chi connectivity index (χ0n) is 13.0. The number of sulfone groups is 1. The molecule has 0 unspecified atom stereocenters. The van der Waals surface area contributed by atoms with Gasteiger partial charge in [-0.25, -0.2) is 8.42 Å². The maximum atomic E-state index is 11.9. The van der Waals surface area contributed by atoms with E-state index in [0.29, 0.717) is 18.1 Å². The van der Waals surface area contributed by atoms with Crippen molar-refractivity contribution in [1.82, 2.24) is 15.5 Å². The summed E-state index contributed by atoms with van der Waals surface area (Å²) >= 11 is 1.11. The van der Waals surface area contributed by atoms with Gasteiger partial charge in [0.1, 0.15) is 5.76 Å². The normalized spacial score (nSPS) is 20.8. The van der Waals surface area contributed by atoms with Crippen molar-refractivity contribution in [2.24, 2.45) is 0 Å². The Bertz CT molecular complexity index is 800. The monoisotopic (exact) mass is 371 g/mol. The van der Waals surface area contributed by atoms with E-state index in [0.717, 1.165) is 11.8 Å². The highest BCUT2D eigenvalue weighted by Crippen LogP contribution is 2.29. The topological polar surface area (TPSA) is 115 Å². The lowest BCUT2D eigenvalue weighted by molar-refractivity contribution is -0.119. The second kappa shape index (κ2) is 6.98. The Morgan fingerprint density at radius 3 is 3.00 bits per heavy atom. The lowest BCUT2D eigenvalue weighted by Gasteiger charge is -2.10. The Hall–Kier alpha value is -1.81. The predicted molar refractivity (Wildman–Crippen MR) is 86.3 cm³/mol. The zero-order valence-corrected chi connectivity index (χ0v) is 14.6. The fourth-order valence-electron chi connectivity index (χ4n) is 2.45. The Morgan fingerprint density at radius 2 is 2.33 bits per heavy atom. The molecule has 1 aliphatic rings. The van der Waals surface area contributed by atoms with Crippen LogP contribution in [0.1, 0.15) is 37.0 Å². The fraction of sp³-hybridized carbons (Fsp3) is 0.500. The molecule has 2 atom stereocenters. The quantitative estimate of drug-likeness (QED) is 0.760. The summed E-state index contributed by atoms with van der Waals surface area (Å²) in [6.45, 7) is 1.83. The Balaban J connectivity index is 1.49. The van der Waals surface area contributed by atoms with Crippen molar-refractivity contribution in [1.29, 1.82) is 0 Å². The molecule has 1 fully saturated rings. The molecule has 0 spiro atoms. The molecule has 2 aromatic rings. The van der Waals surface area contributed by atoms with Gasteiger partial charge in [0, 0.05) is 0 Å². The van der Waals surface area contributed by atoms with Gasteiger partial charge >= 0.3 is 0 Å². The summed E-state index contributed by atoms with van der Waals surface area (Å²) in [6.07, 6.45) is 2.05. The number of aromatic nitrogens is 2. The average molecular weight is 371 g/mol. The Morgan fingerprint density at radius 1 is 1.50 bits per heavy atom. The summed E-state index contributed by atoms with van der Waals surface area (Å²) in [4.78, 5) is 11.9. The molecule has 0 saturated carbocycles. The first-order valence-corrected chi connectivity index (χ1v) is 10.2. The average Bonchev–Trinajstić information content (AvgIpc) is 3.25. The molecule has 10 heteroatoms. The Kier molecular flexibility index (Phi) is 4.95. The van der Waals surface area contributed by atoms with Crippen molar-refractivity contribution in [3.05, 3.63) is 30.0 Å². The molecule has 1 N–H and O–H groups in total. The molecule has 2 aromatic heterocycles. The van der Waals surface area contributed by atoms with Gasteiger partial charge in [0.2, 0.25) is 11.8 Å². The van der Waals surface area contributed by atoms with E-state index in [1.165, 1.54) is 0 Å². The molecule has 1 amide bonds. The van der Waals surface area contributed by atoms with Crippen LogP contribution < -0.4 is 5.32 Å². The largest absolute Gasteiger partial charge is 0.467 e. The van der Waals surface area contributed by atoms with Crippen LogP contribution in [0.2, 0.25) is 0 Å². The lowest BCUT2D eigenvalue weighted by atomic mass is 10.1. The van der Waals surface area contributed by atoms with Crippen molar-refractivity contribution in [2.75, 3.05) is 17.3 Å². The molecule has 0 aliphatic carbocycles. The first kappa shape index (κ1) is 17.0. The van der Waals surface area contributed by atoms with E-state index in [2.05, 4.69) is 15.5 Å². The number of hydrogen-bond acceptors (Lipinski definition) is 8. The molecular weight excluding hydrogens is 354 g/mol. The minimum atomic E-state index is -3.00. The van der Waals surface area contributed by atoms with Crippen LogP contribution in [0.5, 0.6) is 0 Å². The van der Waals surface area contributed by atoms with Crippen LogP contribution in [0, 0.1) is 0 Å². The molecule has 8 nitrogen and oxygen atoms in total. The fourth-order valence-corrected chi connectivity index (χ4v) is 4.77. The molecule has 0 aromatic carbocycles. The summed E-state index contributed by atoms with van der Waals surface area (Å²) in [7, 11) is -3.00. The molecule has 1 aliphatic heterocycles. The van der Waals surface area contributed by atoms with Crippen molar-refractivity contribution in [3.8, 4) is 0 Å². The number of nitrogens with one attached hydrogen (secondary N) is 1. The van der Waals surface area contributed by atoms with Crippen LogP contribution in [0.4, 0.5) is 0 Å². The van der Waals surface area contributed by atoms with Crippen molar-refractivity contribution >= 4 is 27.5 Å². The maximum Gasteiger partial charge on any atom is 0.277 e. The minimum absolute atomic E-state index is 0.0421. The SMILES string of the molecule is C[C@@H](NC(=O)CSc1nnc([C@@H]2CCS(=O)(=O)C2)o1)c1ccco1. The molecular formula is C14H17N3O5S2. The van der Waals surface area contributed by atoms with Crippen molar-refractivity contribution < 1.29 is 22.0 Å². The van der Waals surface area contributed by atoms with Gasteiger partial charge in [-0.3, -0.25) is 4.79 Å². The van der Waals surface area contributed by atoms with E-state index >= 15 is 0 Å². The number of carbonyl (C=O) groups is 1. The van der Waals surface area contributed by atoms with Gasteiger partial charge in [0.25, 0.3) is 5.22 Å². The number of furan rings is 1. The van der Waals surface area contributed by atoms with Gasteiger partial charge in [-0.2, -0.15) is 0 Å². The first-order valence-electron chi connectivity index (χ1n) is 7.42.